The molecule has 1 rings (SSSR count). The molecule has 0 saturated heterocycles. The smallest absolute Gasteiger partial charge is 0.305 e. The van der Waals surface area contributed by atoms with Crippen LogP contribution < -0.4 is 5.73 Å². The molecule has 0 aromatic heterocycles. The zero-order valence-corrected chi connectivity index (χ0v) is 8.81. The van der Waals surface area contributed by atoms with Crippen LogP contribution in [0.15, 0.2) is 0 Å². The molecule has 0 aliphatic heterocycles. The number of esters is 1. The molecule has 0 aromatic carbocycles. The van der Waals surface area contributed by atoms with Crippen LogP contribution in [0.4, 0.5) is 0 Å². The van der Waals surface area contributed by atoms with Crippen molar-refractivity contribution in [2.45, 2.75) is 38.1 Å². The van der Waals surface area contributed by atoms with E-state index < -0.39 is 0 Å². The summed E-state index contributed by atoms with van der Waals surface area (Å²) in [7, 11) is 1.44. The van der Waals surface area contributed by atoms with E-state index in [9.17, 15) is 4.79 Å². The highest BCUT2D eigenvalue weighted by Gasteiger charge is 2.21. The van der Waals surface area contributed by atoms with Crippen LogP contribution in [0.1, 0.15) is 32.1 Å². The average molecular weight is 208 g/mol. The summed E-state index contributed by atoms with van der Waals surface area (Å²) in [4.78, 5) is 10.9. The summed E-state index contributed by atoms with van der Waals surface area (Å²) in [5, 5.41) is 0. The van der Waals surface area contributed by atoms with Gasteiger partial charge >= 0.3 is 5.97 Å². The highest BCUT2D eigenvalue weighted by atomic mass is 35.5. The Kier molecular flexibility index (Phi) is 6.08. The molecule has 4 heteroatoms. The van der Waals surface area contributed by atoms with Crippen molar-refractivity contribution in [3.63, 3.8) is 0 Å². The lowest BCUT2D eigenvalue weighted by Crippen LogP contribution is -2.29. The zero-order valence-electron chi connectivity index (χ0n) is 7.99. The van der Waals surface area contributed by atoms with Crippen LogP contribution in [0.25, 0.3) is 0 Å². The third-order valence-corrected chi connectivity index (χ3v) is 2.51. The summed E-state index contributed by atoms with van der Waals surface area (Å²) in [6, 6.07) is 0.299. The minimum atomic E-state index is -0.103. The molecule has 78 valence electrons. The lowest BCUT2D eigenvalue weighted by Gasteiger charge is -2.25. The zero-order chi connectivity index (χ0) is 8.97. The Bertz CT molecular complexity index is 164. The number of carbonyl (C=O) groups is 1. The van der Waals surface area contributed by atoms with Gasteiger partial charge in [-0.15, -0.1) is 12.4 Å². The van der Waals surface area contributed by atoms with Gasteiger partial charge in [-0.25, -0.2) is 0 Å². The van der Waals surface area contributed by atoms with E-state index in [-0.39, 0.29) is 18.4 Å². The molecule has 0 heterocycles. The summed E-state index contributed by atoms with van der Waals surface area (Å²) in [6.07, 6.45) is 4.92. The fraction of sp³-hybridized carbons (Fsp3) is 0.889. The Morgan fingerprint density at radius 1 is 1.54 bits per heavy atom. The predicted molar refractivity (Wildman–Crippen MR) is 53.8 cm³/mol. The van der Waals surface area contributed by atoms with Gasteiger partial charge in [-0.1, -0.05) is 6.42 Å². The molecule has 1 saturated carbocycles. The van der Waals surface area contributed by atoms with Crippen molar-refractivity contribution in [1.29, 1.82) is 0 Å². The van der Waals surface area contributed by atoms with Crippen LogP contribution in [-0.4, -0.2) is 19.1 Å². The van der Waals surface area contributed by atoms with Gasteiger partial charge in [0.1, 0.15) is 0 Å². The van der Waals surface area contributed by atoms with Gasteiger partial charge in [-0.2, -0.15) is 0 Å². The molecule has 0 amide bonds. The van der Waals surface area contributed by atoms with Crippen molar-refractivity contribution in [1.82, 2.24) is 0 Å². The first kappa shape index (κ1) is 12.7. The molecule has 0 unspecified atom stereocenters. The molecular formula is C9H18ClNO2. The van der Waals surface area contributed by atoms with E-state index in [1.165, 1.54) is 7.11 Å². The molecule has 0 spiro atoms. The Morgan fingerprint density at radius 3 is 2.77 bits per heavy atom. The molecule has 1 aliphatic carbocycles. The lowest BCUT2D eigenvalue weighted by molar-refractivity contribution is -0.142. The number of methoxy groups -OCH3 is 1. The van der Waals surface area contributed by atoms with Gasteiger partial charge in [0.25, 0.3) is 0 Å². The third kappa shape index (κ3) is 4.48. The van der Waals surface area contributed by atoms with E-state index in [1.54, 1.807) is 0 Å². The molecule has 0 bridgehead atoms. The second-order valence-electron chi connectivity index (χ2n) is 3.57. The maximum absolute atomic E-state index is 10.9. The van der Waals surface area contributed by atoms with Gasteiger partial charge in [0, 0.05) is 12.5 Å². The quantitative estimate of drug-likeness (QED) is 0.699. The maximum atomic E-state index is 10.9. The summed E-state index contributed by atoms with van der Waals surface area (Å²) in [5.74, 6) is 0.357. The lowest BCUT2D eigenvalue weighted by atomic mass is 9.84. The normalized spacial score (nSPS) is 27.5. The van der Waals surface area contributed by atoms with Gasteiger partial charge in [-0.3, -0.25) is 4.79 Å². The minimum absolute atomic E-state index is 0. The molecule has 1 fully saturated rings. The molecule has 1 aliphatic rings. The number of ether oxygens (including phenoxy) is 1. The summed E-state index contributed by atoms with van der Waals surface area (Å²) < 4.78 is 4.61. The summed E-state index contributed by atoms with van der Waals surface area (Å²) >= 11 is 0. The van der Waals surface area contributed by atoms with E-state index in [0.29, 0.717) is 18.4 Å². The number of rotatable bonds is 2. The van der Waals surface area contributed by atoms with Gasteiger partial charge in [0.2, 0.25) is 0 Å². The Balaban J connectivity index is 0.00000144. The van der Waals surface area contributed by atoms with Gasteiger partial charge in [0.15, 0.2) is 0 Å². The first-order valence-corrected chi connectivity index (χ1v) is 4.54. The number of halogens is 1. The van der Waals surface area contributed by atoms with Crippen molar-refractivity contribution in [3.05, 3.63) is 0 Å². The average Bonchev–Trinajstić information content (AvgIpc) is 2.04. The SMILES string of the molecule is COC(=O)C[C@@H]1CCC[C@H](N)C1.Cl. The van der Waals surface area contributed by atoms with E-state index in [0.717, 1.165) is 25.7 Å². The standard InChI is InChI=1S/C9H17NO2.ClH/c1-12-9(11)6-7-3-2-4-8(10)5-7;/h7-8H,2-6,10H2,1H3;1H/t7-,8+;/m1./s1. The maximum Gasteiger partial charge on any atom is 0.305 e. The van der Waals surface area contributed by atoms with Crippen LogP contribution in [0.2, 0.25) is 0 Å². The molecule has 0 radical (unpaired) electrons. The molecular weight excluding hydrogens is 190 g/mol. The molecule has 0 aromatic rings. The highest BCUT2D eigenvalue weighted by Crippen LogP contribution is 2.25. The number of hydrogen-bond donors (Lipinski definition) is 1. The van der Waals surface area contributed by atoms with Crippen molar-refractivity contribution in [2.24, 2.45) is 11.7 Å². The van der Waals surface area contributed by atoms with Crippen molar-refractivity contribution in [3.8, 4) is 0 Å². The van der Waals surface area contributed by atoms with Crippen LogP contribution in [0, 0.1) is 5.92 Å². The van der Waals surface area contributed by atoms with E-state index in [4.69, 9.17) is 5.73 Å². The second kappa shape index (κ2) is 6.22. The highest BCUT2D eigenvalue weighted by molar-refractivity contribution is 5.85. The van der Waals surface area contributed by atoms with Crippen molar-refractivity contribution in [2.75, 3.05) is 7.11 Å². The fourth-order valence-corrected chi connectivity index (χ4v) is 1.84. The first-order valence-electron chi connectivity index (χ1n) is 4.54. The Morgan fingerprint density at radius 2 is 2.23 bits per heavy atom. The van der Waals surface area contributed by atoms with E-state index in [1.807, 2.05) is 0 Å². The topological polar surface area (TPSA) is 52.3 Å². The number of carbonyl (C=O) groups excluding carboxylic acids is 1. The summed E-state index contributed by atoms with van der Waals surface area (Å²) in [6.45, 7) is 0. The predicted octanol–water partition coefficient (Wildman–Crippen LogP) is 1.49. The monoisotopic (exact) mass is 207 g/mol. The minimum Gasteiger partial charge on any atom is -0.469 e. The van der Waals surface area contributed by atoms with E-state index >= 15 is 0 Å². The van der Waals surface area contributed by atoms with Crippen LogP contribution in [0.3, 0.4) is 0 Å². The summed E-state index contributed by atoms with van der Waals surface area (Å²) in [5.41, 5.74) is 5.79. The van der Waals surface area contributed by atoms with Crippen molar-refractivity contribution >= 4 is 18.4 Å². The van der Waals surface area contributed by atoms with Gasteiger partial charge in [-0.05, 0) is 25.2 Å². The van der Waals surface area contributed by atoms with Crippen LogP contribution in [-0.2, 0) is 9.53 Å². The Hall–Kier alpha value is -0.280. The molecule has 3 nitrogen and oxygen atoms in total. The van der Waals surface area contributed by atoms with Gasteiger partial charge in [0.05, 0.1) is 7.11 Å². The number of hydrogen-bond acceptors (Lipinski definition) is 3. The first-order chi connectivity index (χ1) is 5.72. The fourth-order valence-electron chi connectivity index (χ4n) is 1.84. The largest absolute Gasteiger partial charge is 0.469 e. The van der Waals surface area contributed by atoms with Crippen LogP contribution >= 0.6 is 12.4 Å². The molecule has 2 atom stereocenters. The molecule has 2 N–H and O–H groups in total. The van der Waals surface area contributed by atoms with Crippen LogP contribution in [0.5, 0.6) is 0 Å². The van der Waals surface area contributed by atoms with E-state index in [2.05, 4.69) is 4.74 Å². The van der Waals surface area contributed by atoms with Crippen molar-refractivity contribution < 1.29 is 9.53 Å². The Labute approximate surface area is 85.4 Å². The second-order valence-corrected chi connectivity index (χ2v) is 3.57. The molecule has 13 heavy (non-hydrogen) atoms. The third-order valence-electron chi connectivity index (χ3n) is 2.51. The van der Waals surface area contributed by atoms with Gasteiger partial charge < -0.3 is 10.5 Å². The number of nitrogens with two attached hydrogens (primary N) is 1.